The summed E-state index contributed by atoms with van der Waals surface area (Å²) < 4.78 is 0. The van der Waals surface area contributed by atoms with Gasteiger partial charge in [-0.05, 0) is 56.0 Å². The van der Waals surface area contributed by atoms with Crippen LogP contribution in [0.1, 0.15) is 0 Å². The van der Waals surface area contributed by atoms with E-state index in [1.165, 1.54) is 37.6 Å². The highest BCUT2D eigenvalue weighted by atomic mass is 127. The molecule has 0 aliphatic heterocycles. The van der Waals surface area contributed by atoms with E-state index in [1.54, 1.807) is 0 Å². The van der Waals surface area contributed by atoms with Gasteiger partial charge >= 0.3 is 0 Å². The molecule has 0 N–H and O–H groups in total. The van der Waals surface area contributed by atoms with Crippen LogP contribution in [0.5, 0.6) is 0 Å². The van der Waals surface area contributed by atoms with E-state index in [9.17, 15) is 0 Å². The van der Waals surface area contributed by atoms with Crippen LogP contribution < -0.4 is 5.30 Å². The average molecular weight is 386 g/mol. The quantitative estimate of drug-likeness (QED) is 0.168. The van der Waals surface area contributed by atoms with Crippen molar-refractivity contribution in [1.29, 1.82) is 0 Å². The summed E-state index contributed by atoms with van der Waals surface area (Å²) in [6.07, 6.45) is 0.794. The molecular weight excluding hydrogens is 374 g/mol. The van der Waals surface area contributed by atoms with Gasteiger partial charge < -0.3 is 0 Å². The summed E-state index contributed by atoms with van der Waals surface area (Å²) in [4.78, 5) is 0. The summed E-state index contributed by atoms with van der Waals surface area (Å²) in [7, 11) is 0. The molecule has 0 nitrogen and oxygen atoms in total. The molecule has 0 fully saturated rings. The lowest BCUT2D eigenvalue weighted by Crippen LogP contribution is -1.94. The topological polar surface area (TPSA) is 0 Å². The first-order chi connectivity index (χ1) is 9.86. The standard InChI is InChI=1S/C18H12IP/c19-20-17-7-3-6-12-8-9-15-10-13-4-1-2-5-14(13)11-16(15)18(12)17/h1-11,20H. The van der Waals surface area contributed by atoms with Crippen LogP contribution in [-0.2, 0) is 0 Å². The van der Waals surface area contributed by atoms with Gasteiger partial charge in [-0.3, -0.25) is 0 Å². The monoisotopic (exact) mass is 386 g/mol. The first-order valence-electron chi connectivity index (χ1n) is 6.58. The second-order valence-electron chi connectivity index (χ2n) is 4.98. The van der Waals surface area contributed by atoms with Crippen molar-refractivity contribution in [2.45, 2.75) is 0 Å². The molecule has 0 saturated carbocycles. The van der Waals surface area contributed by atoms with Crippen LogP contribution in [-0.4, -0.2) is 0 Å². The minimum Gasteiger partial charge on any atom is -0.0616 e. The van der Waals surface area contributed by atoms with Gasteiger partial charge in [0.05, 0.1) is 0 Å². The van der Waals surface area contributed by atoms with Crippen LogP contribution in [0.4, 0.5) is 0 Å². The van der Waals surface area contributed by atoms with Crippen molar-refractivity contribution in [1.82, 2.24) is 0 Å². The lowest BCUT2D eigenvalue weighted by Gasteiger charge is -2.09. The van der Waals surface area contributed by atoms with Gasteiger partial charge in [0.2, 0.25) is 0 Å². The predicted octanol–water partition coefficient (Wildman–Crippen LogP) is 5.80. The molecule has 1 atom stereocenters. The fourth-order valence-corrected chi connectivity index (χ4v) is 4.76. The Balaban J connectivity index is 2.25. The molecule has 2 heteroatoms. The molecule has 0 aliphatic rings. The predicted molar refractivity (Wildman–Crippen MR) is 101 cm³/mol. The molecule has 0 radical (unpaired) electrons. The van der Waals surface area contributed by atoms with Crippen molar-refractivity contribution in [2.24, 2.45) is 0 Å². The van der Waals surface area contributed by atoms with Crippen LogP contribution >= 0.6 is 28.3 Å². The molecule has 20 heavy (non-hydrogen) atoms. The Morgan fingerprint density at radius 3 is 2.15 bits per heavy atom. The van der Waals surface area contributed by atoms with Crippen LogP contribution in [0.15, 0.2) is 66.7 Å². The van der Waals surface area contributed by atoms with Crippen LogP contribution in [0.25, 0.3) is 32.3 Å². The molecule has 4 aromatic carbocycles. The van der Waals surface area contributed by atoms with Crippen LogP contribution in [0, 0.1) is 0 Å². The third-order valence-electron chi connectivity index (χ3n) is 3.83. The zero-order valence-corrected chi connectivity index (χ0v) is 13.9. The molecular formula is C18H12IP. The zero-order chi connectivity index (χ0) is 13.5. The lowest BCUT2D eigenvalue weighted by atomic mass is 9.98. The smallest absolute Gasteiger partial charge is 0.00230 e. The van der Waals surface area contributed by atoms with Crippen molar-refractivity contribution in [3.63, 3.8) is 0 Å². The zero-order valence-electron chi connectivity index (χ0n) is 10.7. The summed E-state index contributed by atoms with van der Waals surface area (Å²) in [5.74, 6) is 0. The highest BCUT2D eigenvalue weighted by molar-refractivity contribution is 14.2. The highest BCUT2D eigenvalue weighted by Gasteiger charge is 2.06. The van der Waals surface area contributed by atoms with E-state index in [0.29, 0.717) is 0 Å². The SMILES string of the molecule is IPc1cccc2ccc3cc4ccccc4cc3c12. The van der Waals surface area contributed by atoms with E-state index in [0.717, 1.165) is 6.22 Å². The molecule has 0 spiro atoms. The van der Waals surface area contributed by atoms with Crippen LogP contribution in [0.3, 0.4) is 0 Å². The van der Waals surface area contributed by atoms with Gasteiger partial charge in [-0.25, -0.2) is 0 Å². The number of rotatable bonds is 1. The molecule has 0 bridgehead atoms. The van der Waals surface area contributed by atoms with Crippen molar-refractivity contribution in [2.75, 3.05) is 0 Å². The summed E-state index contributed by atoms with van der Waals surface area (Å²) in [5.41, 5.74) is 0. The summed E-state index contributed by atoms with van der Waals surface area (Å²) in [6.45, 7) is 0. The second kappa shape index (κ2) is 4.98. The minimum absolute atomic E-state index is 0.794. The highest BCUT2D eigenvalue weighted by Crippen LogP contribution is 2.32. The fourth-order valence-electron chi connectivity index (χ4n) is 2.88. The summed E-state index contributed by atoms with van der Waals surface area (Å²) >= 11 is 2.48. The number of hydrogen-bond acceptors (Lipinski definition) is 0. The maximum Gasteiger partial charge on any atom is -0.00230 e. The maximum absolute atomic E-state index is 2.48. The molecule has 1 unspecified atom stereocenters. The average Bonchev–Trinajstić information content (AvgIpc) is 2.52. The lowest BCUT2D eigenvalue weighted by molar-refractivity contribution is 1.79. The van der Waals surface area contributed by atoms with E-state index >= 15 is 0 Å². The number of hydrogen-bond donors (Lipinski definition) is 0. The Bertz CT molecular complexity index is 944. The first kappa shape index (κ1) is 12.6. The van der Waals surface area contributed by atoms with Crippen molar-refractivity contribution >= 4 is 65.9 Å². The van der Waals surface area contributed by atoms with Gasteiger partial charge in [0, 0.05) is 0 Å². The van der Waals surface area contributed by atoms with Gasteiger partial charge in [-0.2, -0.15) is 0 Å². The Kier molecular flexibility index (Phi) is 3.13. The van der Waals surface area contributed by atoms with Crippen LogP contribution in [0.2, 0.25) is 0 Å². The Hall–Kier alpha value is -1.18. The van der Waals surface area contributed by atoms with Gasteiger partial charge in [-0.1, -0.05) is 76.6 Å². The summed E-state index contributed by atoms with van der Waals surface area (Å²) in [5, 5.41) is 9.55. The van der Waals surface area contributed by atoms with E-state index < -0.39 is 0 Å². The van der Waals surface area contributed by atoms with Crippen molar-refractivity contribution in [3.8, 4) is 0 Å². The molecule has 4 aromatic rings. The van der Waals surface area contributed by atoms with Gasteiger partial charge in [0.1, 0.15) is 0 Å². The molecule has 0 aliphatic carbocycles. The van der Waals surface area contributed by atoms with Crippen molar-refractivity contribution < 1.29 is 0 Å². The third-order valence-corrected chi connectivity index (χ3v) is 6.19. The largest absolute Gasteiger partial charge is 0.0616 e. The number of fused-ring (bicyclic) bond motifs is 4. The van der Waals surface area contributed by atoms with E-state index in [1.807, 2.05) is 0 Å². The molecule has 0 amide bonds. The Morgan fingerprint density at radius 2 is 1.35 bits per heavy atom. The van der Waals surface area contributed by atoms with E-state index in [4.69, 9.17) is 0 Å². The third kappa shape index (κ3) is 1.92. The second-order valence-corrected chi connectivity index (χ2v) is 7.33. The molecule has 96 valence electrons. The first-order valence-corrected chi connectivity index (χ1v) is 10.7. The van der Waals surface area contributed by atoms with Gasteiger partial charge in [0.15, 0.2) is 0 Å². The van der Waals surface area contributed by atoms with Gasteiger partial charge in [-0.15, -0.1) is 0 Å². The normalized spacial score (nSPS) is 12.1. The Morgan fingerprint density at radius 1 is 0.650 bits per heavy atom. The molecule has 4 rings (SSSR count). The molecule has 0 saturated heterocycles. The molecule has 0 aromatic heterocycles. The van der Waals surface area contributed by atoms with Crippen molar-refractivity contribution in [3.05, 3.63) is 66.7 Å². The van der Waals surface area contributed by atoms with Gasteiger partial charge in [0.25, 0.3) is 0 Å². The fraction of sp³-hybridized carbons (Fsp3) is 0. The van der Waals surface area contributed by atoms with E-state index in [2.05, 4.69) is 88.8 Å². The van der Waals surface area contributed by atoms with E-state index in [-0.39, 0.29) is 0 Å². The minimum atomic E-state index is 0.794. The Labute approximate surface area is 132 Å². The summed E-state index contributed by atoms with van der Waals surface area (Å²) in [6, 6.07) is 24.4. The maximum atomic E-state index is 2.48. The number of benzene rings is 4. The number of halogens is 1. The molecule has 0 heterocycles.